The van der Waals surface area contributed by atoms with Crippen LogP contribution in [0.1, 0.15) is 39.2 Å². The number of carbonyl (C=O) groups is 2. The van der Waals surface area contributed by atoms with Crippen molar-refractivity contribution in [2.45, 2.75) is 69.7 Å². The molecule has 1 aromatic rings. The summed E-state index contributed by atoms with van der Waals surface area (Å²) >= 11 is 6.66. The predicted octanol–water partition coefficient (Wildman–Crippen LogP) is 4.56. The number of aliphatic hydroxyl groups is 1. The minimum atomic E-state index is -1.69. The van der Waals surface area contributed by atoms with E-state index in [4.69, 9.17) is 30.5 Å². The van der Waals surface area contributed by atoms with Gasteiger partial charge in [0.25, 0.3) is 0 Å². The van der Waals surface area contributed by atoms with Crippen LogP contribution in [-0.4, -0.2) is 68.0 Å². The molecule has 3 aliphatic rings. The molecular weight excluding hydrogens is 536 g/mol. The molecule has 4 bridgehead atoms. The van der Waals surface area contributed by atoms with Crippen molar-refractivity contribution < 1.29 is 33.6 Å². The van der Waals surface area contributed by atoms with Crippen molar-refractivity contribution in [2.75, 3.05) is 26.2 Å². The van der Waals surface area contributed by atoms with Crippen LogP contribution in [0.25, 0.3) is 0 Å². The number of ether oxygens (including phenoxy) is 4. The Bertz CT molecular complexity index is 1230. The van der Waals surface area contributed by atoms with Crippen molar-refractivity contribution in [3.8, 4) is 5.75 Å². The normalized spacial score (nSPS) is 36.9. The second-order valence-electron chi connectivity index (χ2n) is 11.1. The molecule has 10 heteroatoms. The van der Waals surface area contributed by atoms with Gasteiger partial charge in [-0.1, -0.05) is 48.4 Å². The number of amides is 2. The number of alkyl carbamates (subject to hydrolysis) is 1. The van der Waals surface area contributed by atoms with Crippen molar-refractivity contribution in [3.05, 3.63) is 59.2 Å². The lowest BCUT2D eigenvalue weighted by Crippen LogP contribution is -2.63. The van der Waals surface area contributed by atoms with Crippen molar-refractivity contribution in [1.82, 2.24) is 5.32 Å². The third-order valence-corrected chi connectivity index (χ3v) is 8.75. The predicted molar refractivity (Wildman–Crippen MR) is 153 cm³/mol. The van der Waals surface area contributed by atoms with Gasteiger partial charge in [-0.25, -0.2) is 4.79 Å². The van der Waals surface area contributed by atoms with E-state index >= 15 is 0 Å². The van der Waals surface area contributed by atoms with Crippen LogP contribution in [-0.2, 0) is 25.4 Å². The van der Waals surface area contributed by atoms with Crippen LogP contribution in [0.15, 0.2) is 48.6 Å². The molecule has 218 valence electrons. The summed E-state index contributed by atoms with van der Waals surface area (Å²) < 4.78 is 22.9. The Hall–Kier alpha value is -2.85. The fraction of sp³-hybridized carbons (Fsp3) is 0.533. The van der Waals surface area contributed by atoms with Crippen LogP contribution < -0.4 is 15.0 Å². The van der Waals surface area contributed by atoms with E-state index in [-0.39, 0.29) is 36.7 Å². The molecular formula is C30H39ClN2O7. The molecule has 2 amide bonds. The molecule has 9 nitrogen and oxygen atoms in total. The van der Waals surface area contributed by atoms with Gasteiger partial charge in [0.1, 0.15) is 23.0 Å². The molecule has 3 aliphatic heterocycles. The number of hydrogen-bond acceptors (Lipinski definition) is 7. The maximum Gasteiger partial charge on any atom is 0.409 e. The average Bonchev–Trinajstić information content (AvgIpc) is 3.60. The molecule has 1 aromatic carbocycles. The molecule has 2 N–H and O–H groups in total. The number of anilines is 1. The summed E-state index contributed by atoms with van der Waals surface area (Å²) in [5, 5.41) is 14.4. The summed E-state index contributed by atoms with van der Waals surface area (Å²) in [6.45, 7) is 9.78. The fourth-order valence-corrected chi connectivity index (χ4v) is 6.15. The number of epoxide rings is 1. The second kappa shape index (κ2) is 11.6. The largest absolute Gasteiger partial charge is 0.495 e. The lowest BCUT2D eigenvalue weighted by atomic mass is 9.80. The highest BCUT2D eigenvalue weighted by molar-refractivity contribution is 6.35. The van der Waals surface area contributed by atoms with E-state index < -0.39 is 29.6 Å². The standard InChI is InChI=1S/C30H39ClN2O7/c1-8-20-15-25(34)33(5)21-13-19(14-22(37-6)26(21)31)12-17(2)10-9-11-24(38-7)30(36)16-23(39-28(35)32-30)18(3)27-29(20,4)40-27/h8-11,13-14,18,20,23-24,27,36H,1,12,15-16H2,2-7H3,(H,32,35)/b11-9+,17-10+/t18-,20+,23+,24-,27+,29+,30+/m1/s1. The van der Waals surface area contributed by atoms with Gasteiger partial charge < -0.3 is 29.0 Å². The number of halogens is 1. The number of allylic oxidation sites excluding steroid dienone is 3. The van der Waals surface area contributed by atoms with Crippen molar-refractivity contribution in [1.29, 1.82) is 0 Å². The quantitative estimate of drug-likeness (QED) is 0.402. The fourth-order valence-electron chi connectivity index (χ4n) is 5.83. The Kier molecular flexibility index (Phi) is 8.71. The van der Waals surface area contributed by atoms with Gasteiger partial charge >= 0.3 is 6.09 Å². The molecule has 0 radical (unpaired) electrons. The van der Waals surface area contributed by atoms with Gasteiger partial charge in [0.15, 0.2) is 5.72 Å². The zero-order chi connectivity index (χ0) is 29.4. The summed E-state index contributed by atoms with van der Waals surface area (Å²) in [5.74, 6) is -0.289. The molecule has 2 fully saturated rings. The van der Waals surface area contributed by atoms with Crippen LogP contribution in [0.4, 0.5) is 10.5 Å². The molecule has 0 aliphatic carbocycles. The highest BCUT2D eigenvalue weighted by Gasteiger charge is 2.62. The Morgan fingerprint density at radius 3 is 2.67 bits per heavy atom. The Balaban J connectivity index is 1.77. The van der Waals surface area contributed by atoms with Crippen molar-refractivity contribution in [3.63, 3.8) is 0 Å². The summed E-state index contributed by atoms with van der Waals surface area (Å²) in [7, 11) is 4.71. The topological polar surface area (TPSA) is 110 Å². The van der Waals surface area contributed by atoms with Gasteiger partial charge in [0.2, 0.25) is 5.91 Å². The number of benzene rings is 1. The zero-order valence-electron chi connectivity index (χ0n) is 23.9. The van der Waals surface area contributed by atoms with Gasteiger partial charge in [-0.2, -0.15) is 0 Å². The number of methoxy groups -OCH3 is 2. The van der Waals surface area contributed by atoms with E-state index in [0.29, 0.717) is 22.9 Å². The highest BCUT2D eigenvalue weighted by Crippen LogP contribution is 2.51. The first kappa shape index (κ1) is 30.1. The molecule has 4 rings (SSSR count). The van der Waals surface area contributed by atoms with Crippen molar-refractivity contribution in [2.24, 2.45) is 11.8 Å². The molecule has 0 aromatic heterocycles. The Morgan fingerprint density at radius 2 is 2.02 bits per heavy atom. The zero-order valence-corrected chi connectivity index (χ0v) is 24.7. The summed E-state index contributed by atoms with van der Waals surface area (Å²) in [4.78, 5) is 27.6. The number of fused-ring (bicyclic) bond motifs is 5. The number of nitrogens with one attached hydrogen (secondary N) is 1. The van der Waals surface area contributed by atoms with Gasteiger partial charge in [-0.3, -0.25) is 10.1 Å². The molecule has 0 spiro atoms. The van der Waals surface area contributed by atoms with E-state index in [1.807, 2.05) is 39.0 Å². The maximum absolute atomic E-state index is 13.5. The Labute approximate surface area is 240 Å². The molecule has 40 heavy (non-hydrogen) atoms. The van der Waals surface area contributed by atoms with E-state index in [9.17, 15) is 14.7 Å². The first-order chi connectivity index (χ1) is 18.9. The minimum absolute atomic E-state index is 0.0892. The maximum atomic E-state index is 13.5. The smallest absolute Gasteiger partial charge is 0.409 e. The summed E-state index contributed by atoms with van der Waals surface area (Å²) in [5.41, 5.74) is 0.0554. The number of nitrogens with zero attached hydrogens (tertiary/aromatic N) is 1. The van der Waals surface area contributed by atoms with Crippen LogP contribution in [0.3, 0.4) is 0 Å². The third-order valence-electron chi connectivity index (χ3n) is 8.37. The minimum Gasteiger partial charge on any atom is -0.495 e. The van der Waals surface area contributed by atoms with Crippen LogP contribution in [0.5, 0.6) is 5.75 Å². The number of hydrogen-bond donors (Lipinski definition) is 2. The first-order valence-electron chi connectivity index (χ1n) is 13.4. The lowest BCUT2D eigenvalue weighted by molar-refractivity contribution is -0.142. The highest BCUT2D eigenvalue weighted by atomic mass is 35.5. The molecule has 0 unspecified atom stereocenters. The molecule has 2 saturated heterocycles. The molecule has 0 saturated carbocycles. The number of rotatable bonds is 3. The van der Waals surface area contributed by atoms with Crippen molar-refractivity contribution >= 4 is 29.3 Å². The monoisotopic (exact) mass is 574 g/mol. The van der Waals surface area contributed by atoms with Gasteiger partial charge in [0, 0.05) is 38.8 Å². The summed E-state index contributed by atoms with van der Waals surface area (Å²) in [6.07, 6.45) is 5.36. The van der Waals surface area contributed by atoms with Gasteiger partial charge in [0.05, 0.1) is 24.5 Å². The van der Waals surface area contributed by atoms with E-state index in [1.165, 1.54) is 14.2 Å². The average molecular weight is 575 g/mol. The van der Waals surface area contributed by atoms with Gasteiger partial charge in [-0.15, -0.1) is 6.58 Å². The van der Waals surface area contributed by atoms with E-state index in [0.717, 1.165) is 11.1 Å². The van der Waals surface area contributed by atoms with Crippen LogP contribution in [0.2, 0.25) is 5.02 Å². The van der Waals surface area contributed by atoms with E-state index in [2.05, 4.69) is 11.9 Å². The second-order valence-corrected chi connectivity index (χ2v) is 11.5. The van der Waals surface area contributed by atoms with Gasteiger partial charge in [-0.05, 0) is 38.0 Å². The van der Waals surface area contributed by atoms with Crippen LogP contribution >= 0.6 is 11.6 Å². The Morgan fingerprint density at radius 1 is 1.30 bits per heavy atom. The third kappa shape index (κ3) is 5.79. The lowest BCUT2D eigenvalue weighted by Gasteiger charge is -2.42. The summed E-state index contributed by atoms with van der Waals surface area (Å²) in [6, 6.07) is 3.74. The van der Waals surface area contributed by atoms with E-state index in [1.54, 1.807) is 30.2 Å². The number of carbonyl (C=O) groups excluding carboxylic acids is 2. The molecule has 7 atom stereocenters. The van der Waals surface area contributed by atoms with Crippen LogP contribution in [0, 0.1) is 11.8 Å². The molecule has 3 heterocycles. The SMILES string of the molecule is C=C[C@H]1CC(=O)N(C)c2cc(cc(OC)c2Cl)C/C(C)=C/C=C/[C@@H](OC)[C@@]2(O)C[C@H](OC(=O)N2)[C@@H](C)[C@@H]2O[C@@]12C. The first-order valence-corrected chi connectivity index (χ1v) is 13.8.